The lowest BCUT2D eigenvalue weighted by Crippen LogP contribution is -2.74. The average molecular weight is 757 g/mol. The standard InChI is InChI=1S/C55H40N2Si/c1-39-31-33-46(34-32-39)58(44-18-4-2-5-19-44,45-20-6-3-7-21-45)47-22-16-17-40(37-47)41-35-42(56-52-27-12-8-23-48(52)49-24-9-13-28-53(49)56)38-43(36-41)57-54-29-14-10-25-50(54)51-26-11-15-30-55(51)57/h2-38H,1H3. The maximum absolute atomic E-state index is 2.78. The first-order valence-corrected chi connectivity index (χ1v) is 22.1. The highest BCUT2D eigenvalue weighted by Crippen LogP contribution is 2.37. The second-order valence-corrected chi connectivity index (χ2v) is 19.2. The van der Waals surface area contributed by atoms with Gasteiger partial charge in [0.05, 0.1) is 22.1 Å². The molecule has 0 fully saturated rings. The molecular weight excluding hydrogens is 717 g/mol. The summed E-state index contributed by atoms with van der Waals surface area (Å²) in [6, 6.07) is 83.6. The lowest BCUT2D eigenvalue weighted by Gasteiger charge is -2.34. The van der Waals surface area contributed by atoms with E-state index in [0.717, 1.165) is 11.4 Å². The smallest absolute Gasteiger partial charge is 0.179 e. The molecule has 0 unspecified atom stereocenters. The molecule has 0 aliphatic carbocycles. The van der Waals surface area contributed by atoms with E-state index < -0.39 is 8.07 Å². The Balaban J connectivity index is 1.22. The van der Waals surface area contributed by atoms with Crippen LogP contribution in [0.15, 0.2) is 224 Å². The van der Waals surface area contributed by atoms with Crippen molar-refractivity contribution in [3.63, 3.8) is 0 Å². The lowest BCUT2D eigenvalue weighted by molar-refractivity contribution is 1.13. The zero-order valence-corrected chi connectivity index (χ0v) is 33.3. The van der Waals surface area contributed by atoms with Crippen molar-refractivity contribution in [2.75, 3.05) is 0 Å². The molecule has 3 heteroatoms. The maximum atomic E-state index is 2.49. The molecule has 0 amide bonds. The molecule has 2 heterocycles. The van der Waals surface area contributed by atoms with Crippen LogP contribution in [0.2, 0.25) is 0 Å². The Hall–Kier alpha value is -7.20. The summed E-state index contributed by atoms with van der Waals surface area (Å²) < 4.78 is 4.91. The third kappa shape index (κ3) is 5.32. The molecule has 58 heavy (non-hydrogen) atoms. The van der Waals surface area contributed by atoms with Gasteiger partial charge in [0.15, 0.2) is 8.07 Å². The van der Waals surface area contributed by atoms with Crippen molar-refractivity contribution in [1.29, 1.82) is 0 Å². The van der Waals surface area contributed by atoms with Gasteiger partial charge in [0.2, 0.25) is 0 Å². The molecule has 0 bridgehead atoms. The van der Waals surface area contributed by atoms with Gasteiger partial charge in [-0.05, 0) is 81.3 Å². The highest BCUT2D eigenvalue weighted by atomic mass is 28.3. The van der Waals surface area contributed by atoms with E-state index in [2.05, 4.69) is 241 Å². The zero-order chi connectivity index (χ0) is 38.6. The molecule has 2 aromatic heterocycles. The van der Waals surface area contributed by atoms with Crippen LogP contribution >= 0.6 is 0 Å². The quantitative estimate of drug-likeness (QED) is 0.113. The van der Waals surface area contributed by atoms with Gasteiger partial charge in [-0.3, -0.25) is 0 Å². The average Bonchev–Trinajstić information content (AvgIpc) is 3.81. The van der Waals surface area contributed by atoms with Crippen LogP contribution in [0.25, 0.3) is 66.1 Å². The van der Waals surface area contributed by atoms with Gasteiger partial charge in [0.25, 0.3) is 0 Å². The van der Waals surface area contributed by atoms with Gasteiger partial charge in [-0.2, -0.15) is 0 Å². The number of hydrogen-bond donors (Lipinski definition) is 0. The number of para-hydroxylation sites is 4. The van der Waals surface area contributed by atoms with E-state index in [0.29, 0.717) is 0 Å². The Morgan fingerprint density at radius 1 is 0.293 bits per heavy atom. The first kappa shape index (κ1) is 34.1. The van der Waals surface area contributed by atoms with Gasteiger partial charge in [-0.15, -0.1) is 0 Å². The SMILES string of the molecule is Cc1ccc([Si](c2ccccc2)(c2ccccc2)c2cccc(-c3cc(-n4c5ccccc5c5ccccc54)cc(-n4c5ccccc5c5ccccc54)c3)c2)cc1. The van der Waals surface area contributed by atoms with E-state index in [4.69, 9.17) is 0 Å². The monoisotopic (exact) mass is 756 g/mol. The minimum Gasteiger partial charge on any atom is -0.309 e. The molecule has 0 aliphatic rings. The molecule has 2 nitrogen and oxygen atoms in total. The van der Waals surface area contributed by atoms with Crippen LogP contribution in [0.5, 0.6) is 0 Å². The second kappa shape index (κ2) is 13.8. The van der Waals surface area contributed by atoms with Crippen LogP contribution in [0.4, 0.5) is 0 Å². The summed E-state index contributed by atoms with van der Waals surface area (Å²) in [5.41, 5.74) is 10.7. The molecule has 0 spiro atoms. The van der Waals surface area contributed by atoms with Gasteiger partial charge < -0.3 is 9.13 Å². The van der Waals surface area contributed by atoms with Crippen LogP contribution in [0, 0.1) is 6.92 Å². The van der Waals surface area contributed by atoms with Crippen LogP contribution in [-0.2, 0) is 0 Å². The molecule has 11 aromatic rings. The van der Waals surface area contributed by atoms with E-state index in [-0.39, 0.29) is 0 Å². The van der Waals surface area contributed by atoms with Gasteiger partial charge in [-0.25, -0.2) is 0 Å². The first-order valence-electron chi connectivity index (χ1n) is 20.1. The van der Waals surface area contributed by atoms with Crippen LogP contribution in [-0.4, -0.2) is 17.2 Å². The molecule has 0 atom stereocenters. The molecule has 9 aromatic carbocycles. The predicted molar refractivity (Wildman–Crippen MR) is 249 cm³/mol. The minimum atomic E-state index is -2.78. The molecule has 0 radical (unpaired) electrons. The van der Waals surface area contributed by atoms with Crippen molar-refractivity contribution in [1.82, 2.24) is 9.13 Å². The zero-order valence-electron chi connectivity index (χ0n) is 32.3. The fourth-order valence-electron chi connectivity index (χ4n) is 9.53. The number of hydrogen-bond acceptors (Lipinski definition) is 0. The molecular formula is C55H40N2Si. The second-order valence-electron chi connectivity index (χ2n) is 15.4. The number of fused-ring (bicyclic) bond motifs is 6. The van der Waals surface area contributed by atoms with Gasteiger partial charge >= 0.3 is 0 Å². The Bertz CT molecular complexity index is 3010. The van der Waals surface area contributed by atoms with Gasteiger partial charge in [0, 0.05) is 32.9 Å². The summed E-state index contributed by atoms with van der Waals surface area (Å²) in [6.07, 6.45) is 0. The summed E-state index contributed by atoms with van der Waals surface area (Å²) in [4.78, 5) is 0. The van der Waals surface area contributed by atoms with Crippen molar-refractivity contribution >= 4 is 72.4 Å². The van der Waals surface area contributed by atoms with E-state index in [1.807, 2.05) is 0 Å². The Morgan fingerprint density at radius 3 is 1.12 bits per heavy atom. The number of aryl methyl sites for hydroxylation is 1. The summed E-state index contributed by atoms with van der Waals surface area (Å²) in [5, 5.41) is 10.5. The summed E-state index contributed by atoms with van der Waals surface area (Å²) in [5.74, 6) is 0. The molecule has 274 valence electrons. The van der Waals surface area contributed by atoms with Crippen molar-refractivity contribution in [2.45, 2.75) is 6.92 Å². The number of nitrogens with zero attached hydrogens (tertiary/aromatic N) is 2. The number of rotatable bonds is 7. The third-order valence-electron chi connectivity index (χ3n) is 12.1. The fourth-order valence-corrected chi connectivity index (χ4v) is 14.3. The van der Waals surface area contributed by atoms with E-state index in [9.17, 15) is 0 Å². The molecule has 0 saturated heterocycles. The Labute approximate surface area is 339 Å². The highest BCUT2D eigenvalue weighted by molar-refractivity contribution is 7.19. The lowest BCUT2D eigenvalue weighted by atomic mass is 10.0. The summed E-state index contributed by atoms with van der Waals surface area (Å²) >= 11 is 0. The normalized spacial score (nSPS) is 11.9. The van der Waals surface area contributed by atoms with E-state index >= 15 is 0 Å². The van der Waals surface area contributed by atoms with Gasteiger partial charge in [-0.1, -0.05) is 188 Å². The third-order valence-corrected chi connectivity index (χ3v) is 16.9. The molecule has 0 aliphatic heterocycles. The Kier molecular flexibility index (Phi) is 8.09. The van der Waals surface area contributed by atoms with Gasteiger partial charge in [0.1, 0.15) is 0 Å². The predicted octanol–water partition coefficient (Wildman–Crippen LogP) is 11.2. The molecule has 11 rings (SSSR count). The van der Waals surface area contributed by atoms with Crippen molar-refractivity contribution < 1.29 is 0 Å². The topological polar surface area (TPSA) is 9.86 Å². The number of aromatic nitrogens is 2. The Morgan fingerprint density at radius 2 is 0.672 bits per heavy atom. The van der Waals surface area contributed by atoms with E-state index in [1.54, 1.807) is 0 Å². The largest absolute Gasteiger partial charge is 0.309 e. The van der Waals surface area contributed by atoms with Crippen LogP contribution in [0.3, 0.4) is 0 Å². The summed E-state index contributed by atoms with van der Waals surface area (Å²) in [7, 11) is -2.78. The van der Waals surface area contributed by atoms with Crippen molar-refractivity contribution in [3.8, 4) is 22.5 Å². The fraction of sp³-hybridized carbons (Fsp3) is 0.0182. The maximum Gasteiger partial charge on any atom is 0.179 e. The minimum absolute atomic E-state index is 1.13. The number of benzene rings is 9. The van der Waals surface area contributed by atoms with Crippen molar-refractivity contribution in [3.05, 3.63) is 230 Å². The molecule has 0 N–H and O–H groups in total. The summed E-state index contributed by atoms with van der Waals surface area (Å²) in [6.45, 7) is 2.18. The van der Waals surface area contributed by atoms with E-state index in [1.165, 1.54) is 81.0 Å². The molecule has 0 saturated carbocycles. The highest BCUT2D eigenvalue weighted by Gasteiger charge is 2.41. The first-order chi connectivity index (χ1) is 28.7. The van der Waals surface area contributed by atoms with Crippen LogP contribution < -0.4 is 20.7 Å². The van der Waals surface area contributed by atoms with Crippen LogP contribution in [0.1, 0.15) is 5.56 Å². The van der Waals surface area contributed by atoms with Crippen molar-refractivity contribution in [2.24, 2.45) is 0 Å².